The molecule has 0 radical (unpaired) electrons. The highest BCUT2D eigenvalue weighted by molar-refractivity contribution is 5.10. The molecule has 3 aliphatic heterocycles. The first-order valence-corrected chi connectivity index (χ1v) is 13.8. The molecule has 6 aliphatic rings. The quantitative estimate of drug-likeness (QED) is 0.588. The molecule has 3 heteroatoms. The first kappa shape index (κ1) is 20.5. The van der Waals surface area contributed by atoms with Gasteiger partial charge in [0.25, 0.3) is 0 Å². The molecule has 3 spiro atoms. The van der Waals surface area contributed by atoms with Crippen LogP contribution in [0.5, 0.6) is 0 Å². The Kier molecular flexibility index (Phi) is 5.09. The lowest BCUT2D eigenvalue weighted by Gasteiger charge is -2.43. The predicted octanol–water partition coefficient (Wildman–Crippen LogP) is 5.29. The van der Waals surface area contributed by atoms with E-state index in [9.17, 15) is 0 Å². The van der Waals surface area contributed by atoms with Crippen molar-refractivity contribution in [3.63, 3.8) is 0 Å². The Hall–Kier alpha value is -0.120. The van der Waals surface area contributed by atoms with Gasteiger partial charge in [0.2, 0.25) is 0 Å². The normalized spacial score (nSPS) is 49.4. The van der Waals surface area contributed by atoms with Crippen LogP contribution in [-0.4, -0.2) is 35.7 Å². The largest absolute Gasteiger partial charge is 0.311 e. The number of piperidine rings is 1. The Balaban J connectivity index is 1.09. The molecule has 170 valence electrons. The minimum Gasteiger partial charge on any atom is -0.311 e. The zero-order valence-corrected chi connectivity index (χ0v) is 19.8. The maximum atomic E-state index is 4.14. The molecule has 0 aromatic carbocycles. The van der Waals surface area contributed by atoms with Crippen LogP contribution in [0.3, 0.4) is 0 Å². The van der Waals surface area contributed by atoms with Gasteiger partial charge < -0.3 is 16.0 Å². The zero-order valence-electron chi connectivity index (χ0n) is 19.8. The summed E-state index contributed by atoms with van der Waals surface area (Å²) in [6, 6.07) is 3.79. The molecule has 0 aromatic rings. The maximum Gasteiger partial charge on any atom is 0.0185 e. The van der Waals surface area contributed by atoms with Gasteiger partial charge in [0, 0.05) is 35.7 Å². The molecule has 6 rings (SSSR count). The van der Waals surface area contributed by atoms with E-state index >= 15 is 0 Å². The molecule has 3 aliphatic carbocycles. The number of nitrogens with one attached hydrogen (secondary N) is 3. The molecule has 3 N–H and O–H groups in total. The molecule has 0 bridgehead atoms. The van der Waals surface area contributed by atoms with Gasteiger partial charge in [0.05, 0.1) is 0 Å². The van der Waals surface area contributed by atoms with Crippen LogP contribution in [-0.2, 0) is 0 Å². The van der Waals surface area contributed by atoms with Crippen molar-refractivity contribution in [2.75, 3.05) is 0 Å². The van der Waals surface area contributed by atoms with Crippen LogP contribution in [0.15, 0.2) is 0 Å². The molecule has 7 atom stereocenters. The molecule has 0 amide bonds. The Morgan fingerprint density at radius 2 is 1.40 bits per heavy atom. The van der Waals surface area contributed by atoms with E-state index < -0.39 is 0 Å². The zero-order chi connectivity index (χ0) is 20.4. The average molecular weight is 414 g/mol. The van der Waals surface area contributed by atoms with Gasteiger partial charge in [-0.05, 0) is 108 Å². The monoisotopic (exact) mass is 413 g/mol. The molecule has 3 heterocycles. The SMILES string of the molecule is CC1NC(CC2CCCC3(CC3)N2)CC12CCCC(C1CC3(CCCC3)C(C)N1)C2. The van der Waals surface area contributed by atoms with Gasteiger partial charge in [-0.3, -0.25) is 0 Å². The summed E-state index contributed by atoms with van der Waals surface area (Å²) in [5.74, 6) is 0.923. The molecule has 3 saturated carbocycles. The summed E-state index contributed by atoms with van der Waals surface area (Å²) in [6.45, 7) is 5.03. The highest BCUT2D eigenvalue weighted by Crippen LogP contribution is 2.55. The van der Waals surface area contributed by atoms with Gasteiger partial charge in [0.15, 0.2) is 0 Å². The molecule has 3 saturated heterocycles. The summed E-state index contributed by atoms with van der Waals surface area (Å²) in [6.07, 6.45) is 23.3. The van der Waals surface area contributed by atoms with Crippen molar-refractivity contribution < 1.29 is 0 Å². The summed E-state index contributed by atoms with van der Waals surface area (Å²) in [7, 11) is 0. The van der Waals surface area contributed by atoms with E-state index in [1.807, 2.05) is 0 Å². The van der Waals surface area contributed by atoms with Crippen LogP contribution in [0.2, 0.25) is 0 Å². The summed E-state index contributed by atoms with van der Waals surface area (Å²) < 4.78 is 0. The second-order valence-electron chi connectivity index (χ2n) is 13.0. The van der Waals surface area contributed by atoms with Crippen LogP contribution in [0, 0.1) is 16.7 Å². The van der Waals surface area contributed by atoms with Crippen LogP contribution in [0.4, 0.5) is 0 Å². The molecule has 0 aromatic heterocycles. The molecular formula is C27H47N3. The van der Waals surface area contributed by atoms with Gasteiger partial charge in [-0.1, -0.05) is 25.7 Å². The third kappa shape index (κ3) is 3.50. The fourth-order valence-corrected chi connectivity index (χ4v) is 9.29. The van der Waals surface area contributed by atoms with Crippen molar-refractivity contribution in [1.29, 1.82) is 0 Å². The van der Waals surface area contributed by atoms with Gasteiger partial charge >= 0.3 is 0 Å². The molecule has 6 fully saturated rings. The first-order valence-electron chi connectivity index (χ1n) is 13.8. The second kappa shape index (κ2) is 7.45. The van der Waals surface area contributed by atoms with Gasteiger partial charge in [-0.25, -0.2) is 0 Å². The van der Waals surface area contributed by atoms with Crippen LogP contribution < -0.4 is 16.0 Å². The van der Waals surface area contributed by atoms with Gasteiger partial charge in [-0.15, -0.1) is 0 Å². The highest BCUT2D eigenvalue weighted by Gasteiger charge is 2.53. The van der Waals surface area contributed by atoms with E-state index in [4.69, 9.17) is 0 Å². The summed E-state index contributed by atoms with van der Waals surface area (Å²) in [5, 5.41) is 12.3. The van der Waals surface area contributed by atoms with Crippen molar-refractivity contribution in [3.8, 4) is 0 Å². The average Bonchev–Trinajstić information content (AvgIpc) is 3.06. The third-order valence-electron chi connectivity index (χ3n) is 11.3. The minimum atomic E-state index is 0.579. The van der Waals surface area contributed by atoms with Gasteiger partial charge in [0.1, 0.15) is 0 Å². The fourth-order valence-electron chi connectivity index (χ4n) is 9.29. The van der Waals surface area contributed by atoms with E-state index in [1.54, 1.807) is 0 Å². The lowest BCUT2D eigenvalue weighted by molar-refractivity contribution is 0.103. The third-order valence-corrected chi connectivity index (χ3v) is 11.3. The van der Waals surface area contributed by atoms with Crippen LogP contribution in [0.25, 0.3) is 0 Å². The minimum absolute atomic E-state index is 0.579. The number of rotatable bonds is 3. The summed E-state index contributed by atoms with van der Waals surface area (Å²) in [4.78, 5) is 0. The van der Waals surface area contributed by atoms with Crippen molar-refractivity contribution >= 4 is 0 Å². The lowest BCUT2D eigenvalue weighted by atomic mass is 9.63. The second-order valence-corrected chi connectivity index (χ2v) is 13.0. The van der Waals surface area contributed by atoms with E-state index in [0.29, 0.717) is 22.4 Å². The molecule has 30 heavy (non-hydrogen) atoms. The Morgan fingerprint density at radius 3 is 2.20 bits per heavy atom. The van der Waals surface area contributed by atoms with Crippen LogP contribution >= 0.6 is 0 Å². The standard InChI is InChI=1S/C27H47N3/c1-19-25(9-3-4-10-25)18-24(29-19)21-7-5-11-26(16-21)17-23(28-20(26)2)15-22-8-6-12-27(30-22)13-14-27/h19-24,28-30H,3-18H2,1-2H3. The summed E-state index contributed by atoms with van der Waals surface area (Å²) >= 11 is 0. The van der Waals surface area contributed by atoms with E-state index in [0.717, 1.165) is 30.1 Å². The fraction of sp³-hybridized carbons (Fsp3) is 1.00. The maximum absolute atomic E-state index is 4.14. The number of hydrogen-bond donors (Lipinski definition) is 3. The predicted molar refractivity (Wildman–Crippen MR) is 125 cm³/mol. The van der Waals surface area contributed by atoms with Crippen LogP contribution in [0.1, 0.15) is 117 Å². The Bertz CT molecular complexity index is 636. The van der Waals surface area contributed by atoms with Gasteiger partial charge in [-0.2, -0.15) is 0 Å². The highest BCUT2D eigenvalue weighted by atomic mass is 15.1. The van der Waals surface area contributed by atoms with E-state index in [1.165, 1.54) is 103 Å². The van der Waals surface area contributed by atoms with E-state index in [2.05, 4.69) is 29.8 Å². The number of hydrogen-bond acceptors (Lipinski definition) is 3. The van der Waals surface area contributed by atoms with Crippen molar-refractivity contribution in [1.82, 2.24) is 16.0 Å². The lowest BCUT2D eigenvalue weighted by Crippen LogP contribution is -2.46. The molecular weight excluding hydrogens is 366 g/mol. The first-order chi connectivity index (χ1) is 14.5. The topological polar surface area (TPSA) is 36.1 Å². The van der Waals surface area contributed by atoms with E-state index in [-0.39, 0.29) is 0 Å². The van der Waals surface area contributed by atoms with Crippen molar-refractivity contribution in [2.24, 2.45) is 16.7 Å². The molecule has 7 unspecified atom stereocenters. The smallest absolute Gasteiger partial charge is 0.0185 e. The van der Waals surface area contributed by atoms with Crippen molar-refractivity contribution in [3.05, 3.63) is 0 Å². The molecule has 3 nitrogen and oxygen atoms in total. The Morgan fingerprint density at radius 1 is 0.667 bits per heavy atom. The Labute approximate surface area is 185 Å². The summed E-state index contributed by atoms with van der Waals surface area (Å²) in [5.41, 5.74) is 1.82. The van der Waals surface area contributed by atoms with Crippen molar-refractivity contribution in [2.45, 2.75) is 152 Å².